The molecule has 0 spiro atoms. The molecule has 1 aromatic heterocycles. The van der Waals surface area contributed by atoms with Crippen molar-refractivity contribution in [3.63, 3.8) is 0 Å². The maximum Gasteiger partial charge on any atom is 0.263 e. The second kappa shape index (κ2) is 9.28. The van der Waals surface area contributed by atoms with E-state index in [9.17, 15) is 13.2 Å². The summed E-state index contributed by atoms with van der Waals surface area (Å²) in [7, 11) is 0.319. The topological polar surface area (TPSA) is 90.9 Å². The van der Waals surface area contributed by atoms with E-state index in [0.717, 1.165) is 0 Å². The van der Waals surface area contributed by atoms with Crippen LogP contribution in [-0.4, -0.2) is 51.7 Å². The van der Waals surface area contributed by atoms with E-state index in [1.807, 2.05) is 39.4 Å². The van der Waals surface area contributed by atoms with Gasteiger partial charge in [-0.1, -0.05) is 32.0 Å². The lowest BCUT2D eigenvalue weighted by atomic mass is 10.0. The highest BCUT2D eigenvalue weighted by atomic mass is 32.2. The number of amidine groups is 1. The van der Waals surface area contributed by atoms with Gasteiger partial charge < -0.3 is 10.2 Å². The molecule has 3 rings (SSSR count). The zero-order valence-corrected chi connectivity index (χ0v) is 19.3. The predicted molar refractivity (Wildman–Crippen MR) is 120 cm³/mol. The first-order chi connectivity index (χ1) is 14.2. The average Bonchev–Trinajstić information content (AvgIpc) is 3.28. The highest BCUT2D eigenvalue weighted by Gasteiger charge is 2.32. The Hall–Kier alpha value is -2.23. The van der Waals surface area contributed by atoms with Crippen LogP contribution >= 0.6 is 11.3 Å². The summed E-state index contributed by atoms with van der Waals surface area (Å²) in [6, 6.07) is 10.1. The third kappa shape index (κ3) is 5.08. The summed E-state index contributed by atoms with van der Waals surface area (Å²) in [5, 5.41) is 5.04. The molecular weight excluding hydrogens is 420 g/mol. The van der Waals surface area contributed by atoms with Crippen LogP contribution < -0.4 is 10.0 Å². The number of hydrogen-bond acceptors (Lipinski definition) is 6. The summed E-state index contributed by atoms with van der Waals surface area (Å²) < 4.78 is 27.2. The Morgan fingerprint density at radius 1 is 1.20 bits per heavy atom. The van der Waals surface area contributed by atoms with Crippen LogP contribution in [0, 0.1) is 5.92 Å². The van der Waals surface area contributed by atoms with Gasteiger partial charge in [0.2, 0.25) is 5.91 Å². The molecule has 0 saturated carbocycles. The fraction of sp³-hybridized carbons (Fsp3) is 0.429. The van der Waals surface area contributed by atoms with Crippen LogP contribution in [-0.2, 0) is 14.8 Å². The van der Waals surface area contributed by atoms with Crippen molar-refractivity contribution in [2.24, 2.45) is 10.9 Å². The number of amides is 1. The molecule has 2 N–H and O–H groups in total. The molecule has 2 atom stereocenters. The SMILES string of the molecule is CC(C)CC(N=C1NS(=O)(=O)c2ccccc21)C(=O)NCC(c1cccs1)N(C)C. The van der Waals surface area contributed by atoms with Gasteiger partial charge in [0.15, 0.2) is 0 Å². The first-order valence-electron chi connectivity index (χ1n) is 9.86. The van der Waals surface area contributed by atoms with Crippen LogP contribution in [0.2, 0.25) is 0 Å². The predicted octanol–water partition coefficient (Wildman–Crippen LogP) is 2.62. The molecule has 1 amide bonds. The average molecular weight is 449 g/mol. The molecule has 1 aliphatic heterocycles. The Labute approximate surface area is 182 Å². The summed E-state index contributed by atoms with van der Waals surface area (Å²) in [5.74, 6) is 0.247. The second-order valence-corrected chi connectivity index (χ2v) is 10.6. The van der Waals surface area contributed by atoms with E-state index in [2.05, 4.69) is 26.0 Å². The fourth-order valence-corrected chi connectivity index (χ4v) is 5.55. The maximum atomic E-state index is 13.0. The molecule has 0 aliphatic carbocycles. The van der Waals surface area contributed by atoms with Gasteiger partial charge in [-0.15, -0.1) is 11.3 Å². The molecule has 7 nitrogen and oxygen atoms in total. The van der Waals surface area contributed by atoms with Gasteiger partial charge in [-0.2, -0.15) is 0 Å². The lowest BCUT2D eigenvalue weighted by Crippen LogP contribution is -2.40. The van der Waals surface area contributed by atoms with Crippen LogP contribution in [0.3, 0.4) is 0 Å². The number of sulfonamides is 1. The van der Waals surface area contributed by atoms with Crippen molar-refractivity contribution in [3.8, 4) is 0 Å². The number of fused-ring (bicyclic) bond motifs is 1. The molecular formula is C21H28N4O3S2. The molecule has 0 saturated heterocycles. The molecule has 1 aromatic carbocycles. The van der Waals surface area contributed by atoms with Gasteiger partial charge in [0.25, 0.3) is 10.0 Å². The molecule has 162 valence electrons. The lowest BCUT2D eigenvalue weighted by molar-refractivity contribution is -0.122. The summed E-state index contributed by atoms with van der Waals surface area (Å²) in [6.45, 7) is 4.48. The Balaban J connectivity index is 1.81. The minimum atomic E-state index is -3.64. The number of nitrogens with one attached hydrogen (secondary N) is 2. The van der Waals surface area contributed by atoms with Gasteiger partial charge >= 0.3 is 0 Å². The third-order valence-electron chi connectivity index (χ3n) is 4.91. The van der Waals surface area contributed by atoms with Crippen molar-refractivity contribution in [1.82, 2.24) is 14.9 Å². The molecule has 0 fully saturated rings. The molecule has 0 bridgehead atoms. The monoisotopic (exact) mass is 448 g/mol. The zero-order valence-electron chi connectivity index (χ0n) is 17.6. The number of hydrogen-bond donors (Lipinski definition) is 2. The van der Waals surface area contributed by atoms with Crippen molar-refractivity contribution >= 4 is 33.1 Å². The Morgan fingerprint density at radius 3 is 2.57 bits per heavy atom. The molecule has 2 unspecified atom stereocenters. The summed E-state index contributed by atoms with van der Waals surface area (Å²) in [6.07, 6.45) is 0.519. The molecule has 1 aliphatic rings. The first-order valence-corrected chi connectivity index (χ1v) is 12.2. The first kappa shape index (κ1) is 22.5. The van der Waals surface area contributed by atoms with Gasteiger partial charge in [-0.3, -0.25) is 14.5 Å². The number of nitrogens with zero attached hydrogens (tertiary/aromatic N) is 2. The highest BCUT2D eigenvalue weighted by Crippen LogP contribution is 2.24. The van der Waals surface area contributed by atoms with Gasteiger partial charge in [0.05, 0.1) is 10.9 Å². The van der Waals surface area contributed by atoms with E-state index >= 15 is 0 Å². The number of aliphatic imine (C=N–C) groups is 1. The Morgan fingerprint density at radius 2 is 1.93 bits per heavy atom. The van der Waals surface area contributed by atoms with Crippen LogP contribution in [0.25, 0.3) is 0 Å². The number of carbonyl (C=O) groups excluding carboxylic acids is 1. The summed E-state index contributed by atoms with van der Waals surface area (Å²) >= 11 is 1.65. The number of carbonyl (C=O) groups is 1. The molecule has 0 radical (unpaired) electrons. The van der Waals surface area contributed by atoms with Crippen LogP contribution in [0.5, 0.6) is 0 Å². The quantitative estimate of drug-likeness (QED) is 0.650. The molecule has 30 heavy (non-hydrogen) atoms. The van der Waals surface area contributed by atoms with E-state index in [0.29, 0.717) is 18.5 Å². The van der Waals surface area contributed by atoms with Crippen LogP contribution in [0.15, 0.2) is 51.7 Å². The van der Waals surface area contributed by atoms with Crippen molar-refractivity contribution in [2.45, 2.75) is 37.2 Å². The molecule has 2 heterocycles. The molecule has 9 heteroatoms. The largest absolute Gasteiger partial charge is 0.352 e. The summed E-state index contributed by atoms with van der Waals surface area (Å²) in [5.41, 5.74) is 0.504. The number of rotatable bonds is 8. The van der Waals surface area contributed by atoms with Gasteiger partial charge in [-0.05, 0) is 50.0 Å². The minimum Gasteiger partial charge on any atom is -0.352 e. The van der Waals surface area contributed by atoms with Crippen molar-refractivity contribution in [2.75, 3.05) is 20.6 Å². The highest BCUT2D eigenvalue weighted by molar-refractivity contribution is 7.90. The van der Waals surface area contributed by atoms with Gasteiger partial charge in [0, 0.05) is 17.0 Å². The molecule has 2 aromatic rings. The van der Waals surface area contributed by atoms with Crippen LogP contribution in [0.1, 0.15) is 36.8 Å². The smallest absolute Gasteiger partial charge is 0.263 e. The normalized spacial score (nSPS) is 18.3. The third-order valence-corrected chi connectivity index (χ3v) is 7.28. The summed E-state index contributed by atoms with van der Waals surface area (Å²) in [4.78, 5) is 21.0. The Kier molecular flexibility index (Phi) is 6.95. The minimum absolute atomic E-state index is 0.0620. The zero-order chi connectivity index (χ0) is 21.9. The lowest BCUT2D eigenvalue weighted by Gasteiger charge is -2.24. The van der Waals surface area contributed by atoms with Crippen molar-refractivity contribution in [3.05, 3.63) is 52.2 Å². The van der Waals surface area contributed by atoms with E-state index in [-0.39, 0.29) is 28.6 Å². The van der Waals surface area contributed by atoms with E-state index < -0.39 is 16.1 Å². The van der Waals surface area contributed by atoms with E-state index in [1.54, 1.807) is 35.6 Å². The number of likely N-dealkylation sites (N-methyl/N-ethyl adjacent to an activating group) is 1. The van der Waals surface area contributed by atoms with E-state index in [4.69, 9.17) is 0 Å². The Bertz CT molecular complexity index is 1010. The maximum absolute atomic E-state index is 13.0. The van der Waals surface area contributed by atoms with E-state index in [1.165, 1.54) is 4.88 Å². The number of thiophene rings is 1. The van der Waals surface area contributed by atoms with Crippen molar-refractivity contribution in [1.29, 1.82) is 0 Å². The fourth-order valence-electron chi connectivity index (χ4n) is 3.38. The van der Waals surface area contributed by atoms with Gasteiger partial charge in [0.1, 0.15) is 11.9 Å². The second-order valence-electron chi connectivity index (χ2n) is 7.96. The number of benzene rings is 1. The standard InChI is InChI=1S/C21H28N4O3S2/c1-14(2)12-16(21(26)22-13-17(25(3)4)18-9-7-11-29-18)23-20-15-8-5-6-10-19(15)30(27,28)24-20/h5-11,14,16-17H,12-13H2,1-4H3,(H,22,26)(H,23,24). The van der Waals surface area contributed by atoms with Crippen LogP contribution in [0.4, 0.5) is 0 Å². The van der Waals surface area contributed by atoms with Gasteiger partial charge in [-0.25, -0.2) is 8.42 Å². The van der Waals surface area contributed by atoms with Crippen molar-refractivity contribution < 1.29 is 13.2 Å².